The summed E-state index contributed by atoms with van der Waals surface area (Å²) in [5.74, 6) is -0.150. The Balaban J connectivity index is 2.82. The predicted molar refractivity (Wildman–Crippen MR) is 80.2 cm³/mol. The highest BCUT2D eigenvalue weighted by molar-refractivity contribution is 7.99. The fraction of sp³-hybridized carbons (Fsp3) is 0.267. The quantitative estimate of drug-likeness (QED) is 0.491. The van der Waals surface area contributed by atoms with E-state index in [0.717, 1.165) is 5.75 Å². The summed E-state index contributed by atoms with van der Waals surface area (Å²) in [5, 5.41) is 0.645. The summed E-state index contributed by atoms with van der Waals surface area (Å²) in [6, 6.07) is 4.14. The van der Waals surface area contributed by atoms with Crippen LogP contribution >= 0.6 is 11.8 Å². The lowest BCUT2D eigenvalue weighted by atomic mass is 10.0. The number of benzene rings is 1. The molecular formula is C15H14O5S. The molecule has 0 fully saturated rings. The molecule has 0 unspecified atom stereocenters. The number of Topliss-reactive ketones (excluding diaryl/α,β-unsaturated/α-hetero) is 1. The Morgan fingerprint density at radius 2 is 2.00 bits per heavy atom. The van der Waals surface area contributed by atoms with Crippen LogP contribution in [0.2, 0.25) is 0 Å². The van der Waals surface area contributed by atoms with Crippen LogP contribution in [0.25, 0.3) is 11.0 Å². The van der Waals surface area contributed by atoms with Gasteiger partial charge in [0.2, 0.25) is 0 Å². The number of esters is 1. The molecule has 21 heavy (non-hydrogen) atoms. The molecule has 0 aliphatic heterocycles. The molecule has 0 saturated carbocycles. The summed E-state index contributed by atoms with van der Waals surface area (Å²) >= 11 is 1.37. The van der Waals surface area contributed by atoms with Gasteiger partial charge in [-0.15, -0.1) is 0 Å². The number of methoxy groups -OCH3 is 1. The fourth-order valence-electron chi connectivity index (χ4n) is 1.95. The van der Waals surface area contributed by atoms with E-state index in [1.807, 2.05) is 6.92 Å². The van der Waals surface area contributed by atoms with E-state index in [0.29, 0.717) is 5.09 Å². The third-order valence-electron chi connectivity index (χ3n) is 2.89. The first-order valence-electron chi connectivity index (χ1n) is 6.31. The maximum absolute atomic E-state index is 12.2. The normalized spacial score (nSPS) is 10.6. The van der Waals surface area contributed by atoms with Crippen molar-refractivity contribution in [3.8, 4) is 0 Å². The van der Waals surface area contributed by atoms with Crippen molar-refractivity contribution >= 4 is 34.5 Å². The molecule has 1 aromatic carbocycles. The molecule has 110 valence electrons. The third-order valence-corrected chi connectivity index (χ3v) is 3.67. The van der Waals surface area contributed by atoms with E-state index in [1.54, 1.807) is 0 Å². The number of carbonyl (C=O) groups is 2. The molecule has 0 amide bonds. The maximum atomic E-state index is 12.2. The Hall–Kier alpha value is -2.08. The van der Waals surface area contributed by atoms with Gasteiger partial charge in [0.15, 0.2) is 16.3 Å². The highest BCUT2D eigenvalue weighted by Gasteiger charge is 2.17. The molecule has 1 heterocycles. The number of hydrogen-bond donors (Lipinski definition) is 0. The number of hydrogen-bond acceptors (Lipinski definition) is 6. The summed E-state index contributed by atoms with van der Waals surface area (Å²) < 4.78 is 10.3. The minimum Gasteiger partial charge on any atom is -0.465 e. The van der Waals surface area contributed by atoms with Crippen LogP contribution in [0.15, 0.2) is 32.5 Å². The van der Waals surface area contributed by atoms with Crippen LogP contribution in [0.1, 0.15) is 34.6 Å². The molecule has 0 aliphatic carbocycles. The van der Waals surface area contributed by atoms with Gasteiger partial charge < -0.3 is 9.15 Å². The van der Waals surface area contributed by atoms with Crippen molar-refractivity contribution in [1.82, 2.24) is 0 Å². The van der Waals surface area contributed by atoms with Crippen LogP contribution in [0.3, 0.4) is 0 Å². The van der Waals surface area contributed by atoms with E-state index in [9.17, 15) is 14.4 Å². The van der Waals surface area contributed by atoms with Crippen LogP contribution in [0.5, 0.6) is 0 Å². The Morgan fingerprint density at radius 1 is 1.29 bits per heavy atom. The minimum atomic E-state index is -0.606. The van der Waals surface area contributed by atoms with Crippen LogP contribution in [0, 0.1) is 0 Å². The van der Waals surface area contributed by atoms with E-state index in [2.05, 4.69) is 4.74 Å². The summed E-state index contributed by atoms with van der Waals surface area (Å²) in [5.41, 5.74) is 0.265. The Morgan fingerprint density at radius 3 is 2.57 bits per heavy atom. The topological polar surface area (TPSA) is 73.6 Å². The predicted octanol–water partition coefficient (Wildman–Crippen LogP) is 2.89. The van der Waals surface area contributed by atoms with Gasteiger partial charge in [-0.05, 0) is 24.8 Å². The summed E-state index contributed by atoms with van der Waals surface area (Å²) in [7, 11) is 1.24. The second-order valence-corrected chi connectivity index (χ2v) is 5.58. The molecule has 5 nitrogen and oxygen atoms in total. The molecule has 0 bridgehead atoms. The van der Waals surface area contributed by atoms with Gasteiger partial charge in [0.1, 0.15) is 5.58 Å². The lowest BCUT2D eigenvalue weighted by molar-refractivity contribution is 0.0601. The molecule has 0 atom stereocenters. The average molecular weight is 306 g/mol. The highest BCUT2D eigenvalue weighted by Crippen LogP contribution is 2.25. The molecule has 0 radical (unpaired) electrons. The number of fused-ring (bicyclic) bond motifs is 1. The molecule has 6 heteroatoms. The average Bonchev–Trinajstić information content (AvgIpc) is 2.45. The standard InChI is InChI=1S/C15H14O5S/c1-4-21-13-7-12(17)11-6-9(15(18)19-3)5-10(8(2)16)14(11)20-13/h5-7H,4H2,1-3H3. The van der Waals surface area contributed by atoms with Gasteiger partial charge in [0.05, 0.1) is 23.6 Å². The van der Waals surface area contributed by atoms with Gasteiger partial charge >= 0.3 is 5.97 Å². The first-order valence-corrected chi connectivity index (χ1v) is 7.30. The zero-order chi connectivity index (χ0) is 15.6. The van der Waals surface area contributed by atoms with Crippen molar-refractivity contribution in [2.75, 3.05) is 12.9 Å². The summed E-state index contributed by atoms with van der Waals surface area (Å²) in [6.45, 7) is 3.29. The van der Waals surface area contributed by atoms with E-state index in [-0.39, 0.29) is 33.3 Å². The highest BCUT2D eigenvalue weighted by atomic mass is 32.2. The molecule has 0 N–H and O–H groups in total. The number of rotatable bonds is 4. The largest absolute Gasteiger partial charge is 0.465 e. The Labute approximate surface area is 125 Å². The molecule has 0 saturated heterocycles. The molecule has 2 aromatic rings. The van der Waals surface area contributed by atoms with E-state index < -0.39 is 5.97 Å². The smallest absolute Gasteiger partial charge is 0.337 e. The molecule has 2 rings (SSSR count). The fourth-order valence-corrected chi connectivity index (χ4v) is 2.56. The van der Waals surface area contributed by atoms with Gasteiger partial charge in [-0.3, -0.25) is 9.59 Å². The van der Waals surface area contributed by atoms with Crippen LogP contribution < -0.4 is 5.43 Å². The number of ether oxygens (including phenoxy) is 1. The van der Waals surface area contributed by atoms with Crippen LogP contribution in [-0.2, 0) is 4.74 Å². The van der Waals surface area contributed by atoms with Crippen molar-refractivity contribution < 1.29 is 18.7 Å². The maximum Gasteiger partial charge on any atom is 0.337 e. The van der Waals surface area contributed by atoms with Gasteiger partial charge in [-0.1, -0.05) is 18.7 Å². The monoisotopic (exact) mass is 306 g/mol. The third kappa shape index (κ3) is 3.00. The number of thioether (sulfide) groups is 1. The van der Waals surface area contributed by atoms with Gasteiger partial charge in [0, 0.05) is 6.07 Å². The van der Waals surface area contributed by atoms with E-state index in [4.69, 9.17) is 4.42 Å². The second-order valence-electron chi connectivity index (χ2n) is 4.31. The van der Waals surface area contributed by atoms with Crippen molar-refractivity contribution in [2.45, 2.75) is 18.9 Å². The molecule has 0 aliphatic rings. The lowest BCUT2D eigenvalue weighted by Gasteiger charge is -2.07. The minimum absolute atomic E-state index is 0.151. The van der Waals surface area contributed by atoms with Crippen molar-refractivity contribution in [2.24, 2.45) is 0 Å². The molecular weight excluding hydrogens is 292 g/mol. The van der Waals surface area contributed by atoms with Gasteiger partial charge in [-0.2, -0.15) is 0 Å². The van der Waals surface area contributed by atoms with E-state index in [1.165, 1.54) is 44.0 Å². The second kappa shape index (κ2) is 6.13. The number of carbonyl (C=O) groups excluding carboxylic acids is 2. The zero-order valence-electron chi connectivity index (χ0n) is 11.9. The van der Waals surface area contributed by atoms with Crippen molar-refractivity contribution in [3.63, 3.8) is 0 Å². The lowest BCUT2D eigenvalue weighted by Crippen LogP contribution is -2.09. The summed E-state index contributed by atoms with van der Waals surface area (Å²) in [4.78, 5) is 35.6. The van der Waals surface area contributed by atoms with Crippen molar-refractivity contribution in [1.29, 1.82) is 0 Å². The van der Waals surface area contributed by atoms with Crippen LogP contribution in [0.4, 0.5) is 0 Å². The first-order chi connectivity index (χ1) is 9.97. The molecule has 0 spiro atoms. The van der Waals surface area contributed by atoms with Crippen LogP contribution in [-0.4, -0.2) is 24.6 Å². The summed E-state index contributed by atoms with van der Waals surface area (Å²) in [6.07, 6.45) is 0. The van der Waals surface area contributed by atoms with Gasteiger partial charge in [0.25, 0.3) is 0 Å². The van der Waals surface area contributed by atoms with Gasteiger partial charge in [-0.25, -0.2) is 4.79 Å². The number of ketones is 1. The first kappa shape index (κ1) is 15.3. The Kier molecular flexibility index (Phi) is 4.47. The van der Waals surface area contributed by atoms with Crippen molar-refractivity contribution in [3.05, 3.63) is 39.5 Å². The SMILES string of the molecule is CCSc1cc(=O)c2cc(C(=O)OC)cc(C(C)=O)c2o1. The van der Waals surface area contributed by atoms with E-state index >= 15 is 0 Å². The molecule has 1 aromatic heterocycles. The zero-order valence-corrected chi connectivity index (χ0v) is 12.7. The Bertz CT molecular complexity index is 775.